The van der Waals surface area contributed by atoms with E-state index in [1.807, 2.05) is 36.4 Å². The molecule has 2 aromatic rings. The number of fused-ring (bicyclic) bond motifs is 1. The van der Waals surface area contributed by atoms with Gasteiger partial charge in [0.1, 0.15) is 5.54 Å². The highest BCUT2D eigenvalue weighted by molar-refractivity contribution is 6.07. The number of imide groups is 1. The van der Waals surface area contributed by atoms with Crippen LogP contribution in [0.5, 0.6) is 0 Å². The zero-order chi connectivity index (χ0) is 20.8. The summed E-state index contributed by atoms with van der Waals surface area (Å²) in [5.74, 6) is -1.88. The van der Waals surface area contributed by atoms with Crippen molar-refractivity contribution >= 4 is 22.7 Å². The second-order valence-electron chi connectivity index (χ2n) is 7.95. The minimum atomic E-state index is -4.27. The van der Waals surface area contributed by atoms with Crippen molar-refractivity contribution in [2.75, 3.05) is 19.8 Å². The van der Waals surface area contributed by atoms with Crippen molar-refractivity contribution < 1.29 is 22.8 Å². The van der Waals surface area contributed by atoms with Crippen molar-refractivity contribution in [1.82, 2.24) is 15.1 Å². The van der Waals surface area contributed by atoms with Gasteiger partial charge in [-0.1, -0.05) is 36.4 Å². The molecule has 0 bridgehead atoms. The lowest BCUT2D eigenvalue weighted by Gasteiger charge is -2.35. The first-order chi connectivity index (χ1) is 13.7. The topological polar surface area (TPSA) is 52.7 Å². The molecule has 8 heteroatoms. The van der Waals surface area contributed by atoms with Crippen LogP contribution < -0.4 is 5.32 Å². The summed E-state index contributed by atoms with van der Waals surface area (Å²) in [5.41, 5.74) is -0.607. The van der Waals surface area contributed by atoms with E-state index in [-0.39, 0.29) is 19.6 Å². The Kier molecular flexibility index (Phi) is 4.77. The van der Waals surface area contributed by atoms with Gasteiger partial charge in [-0.15, -0.1) is 0 Å². The van der Waals surface area contributed by atoms with Crippen molar-refractivity contribution in [3.8, 4) is 0 Å². The third kappa shape index (κ3) is 3.57. The van der Waals surface area contributed by atoms with E-state index in [2.05, 4.69) is 5.32 Å². The third-order valence-corrected chi connectivity index (χ3v) is 5.91. The Morgan fingerprint density at radius 2 is 1.86 bits per heavy atom. The van der Waals surface area contributed by atoms with Crippen LogP contribution in [0.1, 0.15) is 25.3 Å². The first-order valence-electron chi connectivity index (χ1n) is 9.61. The van der Waals surface area contributed by atoms with Crippen LogP contribution in [0.4, 0.5) is 18.0 Å². The Hall–Kier alpha value is -2.61. The maximum atomic E-state index is 13.1. The zero-order valence-corrected chi connectivity index (χ0v) is 16.0. The fourth-order valence-corrected chi connectivity index (χ4v) is 4.17. The SMILES string of the molecule is CC1(c2ccc3ccccc3c2)NC(=O)N(CN2CCCC(C(F)(F)F)C2)C1=O. The number of nitrogens with one attached hydrogen (secondary N) is 1. The number of rotatable bonds is 3. The molecule has 0 aromatic heterocycles. The Morgan fingerprint density at radius 1 is 1.14 bits per heavy atom. The number of likely N-dealkylation sites (tertiary alicyclic amines) is 1. The van der Waals surface area contributed by atoms with Crippen LogP contribution >= 0.6 is 0 Å². The van der Waals surface area contributed by atoms with Gasteiger partial charge in [0.25, 0.3) is 5.91 Å². The van der Waals surface area contributed by atoms with Crippen LogP contribution in [0.2, 0.25) is 0 Å². The summed E-state index contributed by atoms with van der Waals surface area (Å²) in [6.07, 6.45) is -3.81. The van der Waals surface area contributed by atoms with Crippen molar-refractivity contribution in [3.63, 3.8) is 0 Å². The normalized spacial score (nSPS) is 26.2. The standard InChI is InChI=1S/C21H22F3N3O2/c1-20(16-9-8-14-5-2-3-6-15(14)11-16)18(28)27(19(29)25-20)13-26-10-4-7-17(12-26)21(22,23)24/h2-3,5-6,8-9,11,17H,4,7,10,12-13H2,1H3,(H,25,29). The molecule has 2 aliphatic rings. The van der Waals surface area contributed by atoms with Crippen LogP contribution in [0.3, 0.4) is 0 Å². The number of carbonyl (C=O) groups is 2. The number of hydrogen-bond donors (Lipinski definition) is 1. The predicted molar refractivity (Wildman–Crippen MR) is 102 cm³/mol. The lowest BCUT2D eigenvalue weighted by atomic mass is 9.90. The molecule has 2 fully saturated rings. The second kappa shape index (κ2) is 7.02. The molecule has 0 saturated carbocycles. The molecule has 154 valence electrons. The van der Waals surface area contributed by atoms with Crippen molar-refractivity contribution in [1.29, 1.82) is 0 Å². The molecular weight excluding hydrogens is 383 g/mol. The van der Waals surface area contributed by atoms with E-state index in [9.17, 15) is 22.8 Å². The predicted octanol–water partition coefficient (Wildman–Crippen LogP) is 3.84. The summed E-state index contributed by atoms with van der Waals surface area (Å²) in [6, 6.07) is 12.6. The third-order valence-electron chi connectivity index (χ3n) is 5.91. The van der Waals surface area contributed by atoms with Gasteiger partial charge in [0, 0.05) is 6.54 Å². The van der Waals surface area contributed by atoms with Gasteiger partial charge in [-0.3, -0.25) is 9.69 Å². The molecule has 0 radical (unpaired) electrons. The Bertz CT molecular complexity index is 962. The summed E-state index contributed by atoms with van der Waals surface area (Å²) >= 11 is 0. The highest BCUT2D eigenvalue weighted by Gasteiger charge is 2.50. The molecule has 2 saturated heterocycles. The van der Waals surface area contributed by atoms with Crippen LogP contribution in [0.15, 0.2) is 42.5 Å². The second-order valence-corrected chi connectivity index (χ2v) is 7.95. The van der Waals surface area contributed by atoms with E-state index in [0.29, 0.717) is 18.5 Å². The molecule has 2 heterocycles. The molecule has 2 atom stereocenters. The number of alkyl halides is 3. The van der Waals surface area contributed by atoms with Crippen LogP contribution in [0, 0.1) is 5.92 Å². The highest BCUT2D eigenvalue weighted by Crippen LogP contribution is 2.34. The van der Waals surface area contributed by atoms with Gasteiger partial charge in [-0.05, 0) is 48.7 Å². The molecule has 1 N–H and O–H groups in total. The lowest BCUT2D eigenvalue weighted by Crippen LogP contribution is -2.48. The molecule has 4 rings (SSSR count). The van der Waals surface area contributed by atoms with Crippen LogP contribution in [-0.4, -0.2) is 47.7 Å². The van der Waals surface area contributed by atoms with E-state index in [1.165, 1.54) is 4.90 Å². The van der Waals surface area contributed by atoms with E-state index >= 15 is 0 Å². The van der Waals surface area contributed by atoms with Gasteiger partial charge < -0.3 is 5.32 Å². The molecule has 0 aliphatic carbocycles. The van der Waals surface area contributed by atoms with E-state index in [4.69, 9.17) is 0 Å². The fraction of sp³-hybridized carbons (Fsp3) is 0.429. The summed E-state index contributed by atoms with van der Waals surface area (Å²) < 4.78 is 39.2. The molecule has 29 heavy (non-hydrogen) atoms. The van der Waals surface area contributed by atoms with E-state index < -0.39 is 29.6 Å². The van der Waals surface area contributed by atoms with Gasteiger partial charge in [0.05, 0.1) is 12.6 Å². The summed E-state index contributed by atoms with van der Waals surface area (Å²) in [6.45, 7) is 1.72. The van der Waals surface area contributed by atoms with E-state index in [1.54, 1.807) is 13.0 Å². The average molecular weight is 405 g/mol. The monoisotopic (exact) mass is 405 g/mol. The van der Waals surface area contributed by atoms with Gasteiger partial charge in [0.15, 0.2) is 0 Å². The average Bonchev–Trinajstić information content (AvgIpc) is 2.91. The quantitative estimate of drug-likeness (QED) is 0.790. The molecule has 3 amide bonds. The highest BCUT2D eigenvalue weighted by atomic mass is 19.4. The lowest BCUT2D eigenvalue weighted by molar-refractivity contribution is -0.187. The number of hydrogen-bond acceptors (Lipinski definition) is 3. The van der Waals surface area contributed by atoms with Gasteiger partial charge >= 0.3 is 12.2 Å². The number of carbonyl (C=O) groups excluding carboxylic acids is 2. The fourth-order valence-electron chi connectivity index (χ4n) is 4.17. The first kappa shape index (κ1) is 19.7. The largest absolute Gasteiger partial charge is 0.393 e. The smallest absolute Gasteiger partial charge is 0.319 e. The number of nitrogens with zero attached hydrogens (tertiary/aromatic N) is 2. The van der Waals surface area contributed by atoms with Crippen molar-refractivity contribution in [2.45, 2.75) is 31.5 Å². The van der Waals surface area contributed by atoms with Crippen LogP contribution in [0.25, 0.3) is 10.8 Å². The van der Waals surface area contributed by atoms with Gasteiger partial charge in [-0.25, -0.2) is 9.69 Å². The number of urea groups is 1. The first-order valence-corrected chi connectivity index (χ1v) is 9.61. The summed E-state index contributed by atoms with van der Waals surface area (Å²) in [5, 5.41) is 4.69. The Morgan fingerprint density at radius 3 is 2.59 bits per heavy atom. The Balaban J connectivity index is 1.55. The number of piperidine rings is 1. The van der Waals surface area contributed by atoms with Crippen LogP contribution in [-0.2, 0) is 10.3 Å². The minimum Gasteiger partial charge on any atom is -0.319 e. The van der Waals surface area contributed by atoms with Gasteiger partial charge in [0.2, 0.25) is 0 Å². The molecule has 0 spiro atoms. The van der Waals surface area contributed by atoms with E-state index in [0.717, 1.165) is 15.7 Å². The Labute approximate surface area is 166 Å². The maximum absolute atomic E-state index is 13.1. The number of halogens is 3. The minimum absolute atomic E-state index is 0.0783. The molecular formula is C21H22F3N3O2. The molecule has 2 aliphatic heterocycles. The zero-order valence-electron chi connectivity index (χ0n) is 16.0. The number of benzene rings is 2. The summed E-state index contributed by atoms with van der Waals surface area (Å²) in [4.78, 5) is 28.2. The van der Waals surface area contributed by atoms with Crippen molar-refractivity contribution in [2.24, 2.45) is 5.92 Å². The maximum Gasteiger partial charge on any atom is 0.393 e. The summed E-state index contributed by atoms with van der Waals surface area (Å²) in [7, 11) is 0. The molecule has 2 aromatic carbocycles. The van der Waals surface area contributed by atoms with Crippen molar-refractivity contribution in [3.05, 3.63) is 48.0 Å². The van der Waals surface area contributed by atoms with Gasteiger partial charge in [-0.2, -0.15) is 13.2 Å². The molecule has 2 unspecified atom stereocenters. The number of amides is 3. The molecule has 5 nitrogen and oxygen atoms in total.